The summed E-state index contributed by atoms with van der Waals surface area (Å²) in [5.41, 5.74) is 1.31. The lowest BCUT2D eigenvalue weighted by Gasteiger charge is -2.14. The number of nitrogens with zero attached hydrogens (tertiary/aromatic N) is 1. The van der Waals surface area contributed by atoms with Crippen molar-refractivity contribution in [3.8, 4) is 0 Å². The van der Waals surface area contributed by atoms with Crippen molar-refractivity contribution in [2.45, 2.75) is 32.1 Å². The van der Waals surface area contributed by atoms with Crippen molar-refractivity contribution in [3.63, 3.8) is 0 Å². The number of benzene rings is 1. The van der Waals surface area contributed by atoms with E-state index in [4.69, 9.17) is 0 Å². The van der Waals surface area contributed by atoms with E-state index >= 15 is 0 Å². The van der Waals surface area contributed by atoms with Crippen LogP contribution in [0.4, 0.5) is 0 Å². The summed E-state index contributed by atoms with van der Waals surface area (Å²) in [6.45, 7) is 1.94. The maximum Gasteiger partial charge on any atom is 0.222 e. The zero-order valence-electron chi connectivity index (χ0n) is 9.99. The minimum absolute atomic E-state index is 0.333. The second-order valence-corrected chi connectivity index (χ2v) is 5.48. The van der Waals surface area contributed by atoms with Crippen molar-refractivity contribution in [1.82, 2.24) is 4.90 Å². The summed E-state index contributed by atoms with van der Waals surface area (Å²) >= 11 is 3.42. The Morgan fingerprint density at radius 2 is 1.82 bits per heavy atom. The van der Waals surface area contributed by atoms with E-state index in [0.29, 0.717) is 12.3 Å². The number of carbonyl (C=O) groups excluding carboxylic acids is 1. The third-order valence-corrected chi connectivity index (χ3v) is 3.76. The van der Waals surface area contributed by atoms with Crippen LogP contribution in [0.1, 0.15) is 31.2 Å². The molecule has 1 fully saturated rings. The first-order valence-corrected chi connectivity index (χ1v) is 7.07. The Hall–Kier alpha value is -0.830. The second kappa shape index (κ2) is 6.20. The van der Waals surface area contributed by atoms with Crippen LogP contribution in [0.2, 0.25) is 0 Å². The molecule has 1 aliphatic heterocycles. The van der Waals surface area contributed by atoms with E-state index in [1.54, 1.807) is 0 Å². The standard InChI is InChI=1S/C14H18BrNO/c15-13-8-6-12(7-9-13)4-3-5-14(17)16-10-1-2-11-16/h6-9H,1-5,10-11H2. The van der Waals surface area contributed by atoms with Crippen molar-refractivity contribution in [3.05, 3.63) is 34.3 Å². The number of hydrogen-bond donors (Lipinski definition) is 0. The molecule has 1 amide bonds. The molecule has 1 heterocycles. The topological polar surface area (TPSA) is 20.3 Å². The zero-order valence-corrected chi connectivity index (χ0v) is 11.6. The summed E-state index contributed by atoms with van der Waals surface area (Å²) in [6, 6.07) is 8.34. The molecule has 0 unspecified atom stereocenters. The van der Waals surface area contributed by atoms with E-state index < -0.39 is 0 Å². The van der Waals surface area contributed by atoms with Gasteiger partial charge < -0.3 is 4.90 Å². The van der Waals surface area contributed by atoms with E-state index in [2.05, 4.69) is 40.2 Å². The largest absolute Gasteiger partial charge is 0.343 e. The first-order chi connectivity index (χ1) is 8.25. The van der Waals surface area contributed by atoms with E-state index in [9.17, 15) is 4.79 Å². The number of rotatable bonds is 4. The molecule has 0 aromatic heterocycles. The fourth-order valence-electron chi connectivity index (χ4n) is 2.22. The lowest BCUT2D eigenvalue weighted by Crippen LogP contribution is -2.27. The fraction of sp³-hybridized carbons (Fsp3) is 0.500. The molecule has 2 rings (SSSR count). The molecule has 0 spiro atoms. The smallest absolute Gasteiger partial charge is 0.222 e. The molecule has 92 valence electrons. The molecular formula is C14H18BrNO. The van der Waals surface area contributed by atoms with Crippen LogP contribution >= 0.6 is 15.9 Å². The Balaban J connectivity index is 1.72. The van der Waals surface area contributed by atoms with Gasteiger partial charge in [0.05, 0.1) is 0 Å². The molecule has 0 saturated carbocycles. The van der Waals surface area contributed by atoms with Crippen LogP contribution < -0.4 is 0 Å². The van der Waals surface area contributed by atoms with Gasteiger partial charge in [-0.05, 0) is 43.4 Å². The molecule has 1 aromatic carbocycles. The Morgan fingerprint density at radius 3 is 2.47 bits per heavy atom. The summed E-state index contributed by atoms with van der Waals surface area (Å²) in [4.78, 5) is 13.8. The normalized spacial score (nSPS) is 15.2. The van der Waals surface area contributed by atoms with Gasteiger partial charge >= 0.3 is 0 Å². The Bertz CT molecular complexity index is 368. The van der Waals surface area contributed by atoms with Gasteiger partial charge in [-0.25, -0.2) is 0 Å². The molecule has 1 saturated heterocycles. The van der Waals surface area contributed by atoms with E-state index in [0.717, 1.165) is 30.4 Å². The van der Waals surface area contributed by atoms with Crippen LogP contribution in [0.5, 0.6) is 0 Å². The Morgan fingerprint density at radius 1 is 1.18 bits per heavy atom. The van der Waals surface area contributed by atoms with E-state index in [-0.39, 0.29) is 0 Å². The summed E-state index contributed by atoms with van der Waals surface area (Å²) in [6.07, 6.45) is 5.00. The summed E-state index contributed by atoms with van der Waals surface area (Å²) < 4.78 is 1.11. The van der Waals surface area contributed by atoms with Crippen LogP contribution in [0.15, 0.2) is 28.7 Å². The highest BCUT2D eigenvalue weighted by Gasteiger charge is 2.16. The Labute approximate surface area is 111 Å². The highest BCUT2D eigenvalue weighted by molar-refractivity contribution is 9.10. The minimum atomic E-state index is 0.333. The third kappa shape index (κ3) is 3.84. The van der Waals surface area contributed by atoms with Gasteiger partial charge in [0, 0.05) is 24.0 Å². The number of aryl methyl sites for hydroxylation is 1. The van der Waals surface area contributed by atoms with Crippen LogP contribution in [-0.4, -0.2) is 23.9 Å². The SMILES string of the molecule is O=C(CCCc1ccc(Br)cc1)N1CCCC1. The van der Waals surface area contributed by atoms with Crippen LogP contribution in [0.25, 0.3) is 0 Å². The quantitative estimate of drug-likeness (QED) is 0.834. The van der Waals surface area contributed by atoms with Gasteiger partial charge in [0.2, 0.25) is 5.91 Å². The fourth-order valence-corrected chi connectivity index (χ4v) is 2.48. The van der Waals surface area contributed by atoms with Crippen molar-refractivity contribution in [2.75, 3.05) is 13.1 Å². The van der Waals surface area contributed by atoms with Gasteiger partial charge in [-0.2, -0.15) is 0 Å². The lowest BCUT2D eigenvalue weighted by atomic mass is 10.1. The first-order valence-electron chi connectivity index (χ1n) is 6.28. The number of hydrogen-bond acceptors (Lipinski definition) is 1. The molecule has 0 N–H and O–H groups in total. The molecule has 2 nitrogen and oxygen atoms in total. The molecule has 0 radical (unpaired) electrons. The average molecular weight is 296 g/mol. The molecule has 3 heteroatoms. The van der Waals surface area contributed by atoms with Gasteiger partial charge in [-0.3, -0.25) is 4.79 Å². The summed E-state index contributed by atoms with van der Waals surface area (Å²) in [7, 11) is 0. The highest BCUT2D eigenvalue weighted by atomic mass is 79.9. The summed E-state index contributed by atoms with van der Waals surface area (Å²) in [5.74, 6) is 0.333. The lowest BCUT2D eigenvalue weighted by molar-refractivity contribution is -0.130. The maximum atomic E-state index is 11.8. The molecule has 1 aromatic rings. The van der Waals surface area contributed by atoms with E-state index in [1.807, 2.05) is 4.90 Å². The molecule has 1 aliphatic rings. The van der Waals surface area contributed by atoms with Crippen LogP contribution in [-0.2, 0) is 11.2 Å². The van der Waals surface area contributed by atoms with Crippen molar-refractivity contribution in [2.24, 2.45) is 0 Å². The van der Waals surface area contributed by atoms with Gasteiger partial charge in [0.1, 0.15) is 0 Å². The van der Waals surface area contributed by atoms with Crippen LogP contribution in [0, 0.1) is 0 Å². The first kappa shape index (κ1) is 12.6. The Kier molecular flexibility index (Phi) is 4.60. The molecule has 0 atom stereocenters. The predicted molar refractivity (Wildman–Crippen MR) is 72.9 cm³/mol. The van der Waals surface area contributed by atoms with Gasteiger partial charge in [0.15, 0.2) is 0 Å². The molecular weight excluding hydrogens is 278 g/mol. The minimum Gasteiger partial charge on any atom is -0.343 e. The van der Waals surface area contributed by atoms with Crippen LogP contribution in [0.3, 0.4) is 0 Å². The van der Waals surface area contributed by atoms with Gasteiger partial charge in [0.25, 0.3) is 0 Å². The van der Waals surface area contributed by atoms with Crippen molar-refractivity contribution >= 4 is 21.8 Å². The van der Waals surface area contributed by atoms with Crippen molar-refractivity contribution < 1.29 is 4.79 Å². The number of likely N-dealkylation sites (tertiary alicyclic amines) is 1. The second-order valence-electron chi connectivity index (χ2n) is 4.57. The average Bonchev–Trinajstić information content (AvgIpc) is 2.85. The monoisotopic (exact) mass is 295 g/mol. The zero-order chi connectivity index (χ0) is 12.1. The predicted octanol–water partition coefficient (Wildman–Crippen LogP) is 3.39. The number of carbonyl (C=O) groups is 1. The number of halogens is 1. The molecule has 0 bridgehead atoms. The van der Waals surface area contributed by atoms with Crippen molar-refractivity contribution in [1.29, 1.82) is 0 Å². The highest BCUT2D eigenvalue weighted by Crippen LogP contribution is 2.14. The summed E-state index contributed by atoms with van der Waals surface area (Å²) in [5, 5.41) is 0. The van der Waals surface area contributed by atoms with E-state index in [1.165, 1.54) is 18.4 Å². The van der Waals surface area contributed by atoms with Gasteiger partial charge in [-0.1, -0.05) is 28.1 Å². The van der Waals surface area contributed by atoms with Gasteiger partial charge in [-0.15, -0.1) is 0 Å². The molecule has 0 aliphatic carbocycles. The number of amides is 1. The molecule has 17 heavy (non-hydrogen) atoms. The maximum absolute atomic E-state index is 11.8. The third-order valence-electron chi connectivity index (χ3n) is 3.23.